The second kappa shape index (κ2) is 8.64. The number of nitrogens with zero attached hydrogens (tertiary/aromatic N) is 4. The summed E-state index contributed by atoms with van der Waals surface area (Å²) >= 11 is 1.75. The standard InChI is InChI=1S/C22H20N4S/c1-3-7-18(8-4-1)13-16-27-22-25-24-21(20-11-14-23-15-12-20)26(22)17-19-9-5-2-6-10-19/h1-12,14-15H,13,16-17H2. The Bertz CT molecular complexity index is 969. The molecule has 4 nitrogen and oxygen atoms in total. The Hall–Kier alpha value is -2.92. The third-order valence-corrected chi connectivity index (χ3v) is 5.27. The van der Waals surface area contributed by atoms with Gasteiger partial charge in [0.25, 0.3) is 0 Å². The third kappa shape index (κ3) is 4.44. The Balaban J connectivity index is 1.57. The van der Waals surface area contributed by atoms with Gasteiger partial charge >= 0.3 is 0 Å². The molecule has 0 bridgehead atoms. The number of aryl methyl sites for hydroxylation is 1. The number of thioether (sulfide) groups is 1. The highest BCUT2D eigenvalue weighted by Crippen LogP contribution is 2.25. The van der Waals surface area contributed by atoms with E-state index >= 15 is 0 Å². The highest BCUT2D eigenvalue weighted by molar-refractivity contribution is 7.99. The molecule has 134 valence electrons. The molecule has 4 aromatic rings. The summed E-state index contributed by atoms with van der Waals surface area (Å²) in [5.74, 6) is 1.84. The lowest BCUT2D eigenvalue weighted by atomic mass is 10.2. The number of aromatic nitrogens is 4. The minimum atomic E-state index is 0.749. The van der Waals surface area contributed by atoms with Gasteiger partial charge in [-0.3, -0.25) is 9.55 Å². The third-order valence-electron chi connectivity index (χ3n) is 4.30. The van der Waals surface area contributed by atoms with E-state index in [9.17, 15) is 0 Å². The molecule has 0 saturated heterocycles. The summed E-state index contributed by atoms with van der Waals surface area (Å²) < 4.78 is 2.19. The number of pyridine rings is 1. The van der Waals surface area contributed by atoms with E-state index in [0.29, 0.717) is 0 Å². The maximum Gasteiger partial charge on any atom is 0.191 e. The first-order valence-electron chi connectivity index (χ1n) is 8.94. The van der Waals surface area contributed by atoms with Gasteiger partial charge in [0.05, 0.1) is 6.54 Å². The van der Waals surface area contributed by atoms with Crippen molar-refractivity contribution < 1.29 is 0 Å². The van der Waals surface area contributed by atoms with Gasteiger partial charge in [0.1, 0.15) is 0 Å². The van der Waals surface area contributed by atoms with Crippen LogP contribution in [-0.2, 0) is 13.0 Å². The van der Waals surface area contributed by atoms with Crippen LogP contribution in [0.25, 0.3) is 11.4 Å². The summed E-state index contributed by atoms with van der Waals surface area (Å²) in [5.41, 5.74) is 3.61. The number of benzene rings is 2. The summed E-state index contributed by atoms with van der Waals surface area (Å²) in [5, 5.41) is 9.89. The van der Waals surface area contributed by atoms with Gasteiger partial charge in [0.15, 0.2) is 11.0 Å². The zero-order valence-electron chi connectivity index (χ0n) is 14.9. The number of rotatable bonds is 7. The largest absolute Gasteiger partial charge is 0.298 e. The van der Waals surface area contributed by atoms with Crippen LogP contribution in [0.1, 0.15) is 11.1 Å². The highest BCUT2D eigenvalue weighted by atomic mass is 32.2. The predicted octanol–water partition coefficient (Wildman–Crippen LogP) is 4.72. The summed E-state index contributed by atoms with van der Waals surface area (Å²) in [6.07, 6.45) is 4.59. The Kier molecular flexibility index (Phi) is 5.60. The lowest BCUT2D eigenvalue weighted by Crippen LogP contribution is -2.04. The van der Waals surface area contributed by atoms with Gasteiger partial charge in [-0.1, -0.05) is 72.4 Å². The topological polar surface area (TPSA) is 43.6 Å². The van der Waals surface area contributed by atoms with Gasteiger partial charge in [-0.05, 0) is 29.7 Å². The fourth-order valence-corrected chi connectivity index (χ4v) is 3.85. The van der Waals surface area contributed by atoms with E-state index in [1.165, 1.54) is 11.1 Å². The molecular formula is C22H20N4S. The molecule has 0 fully saturated rings. The molecule has 2 aromatic carbocycles. The van der Waals surface area contributed by atoms with Crippen molar-refractivity contribution in [1.82, 2.24) is 19.7 Å². The zero-order chi connectivity index (χ0) is 18.3. The second-order valence-corrected chi connectivity index (χ2v) is 7.26. The molecular weight excluding hydrogens is 352 g/mol. The van der Waals surface area contributed by atoms with Crippen molar-refractivity contribution in [2.75, 3.05) is 5.75 Å². The highest BCUT2D eigenvalue weighted by Gasteiger charge is 2.14. The van der Waals surface area contributed by atoms with Crippen molar-refractivity contribution in [2.45, 2.75) is 18.1 Å². The molecule has 0 aliphatic heterocycles. The average molecular weight is 372 g/mol. The van der Waals surface area contributed by atoms with Crippen molar-refractivity contribution in [1.29, 1.82) is 0 Å². The molecule has 0 saturated carbocycles. The van der Waals surface area contributed by atoms with E-state index in [1.807, 2.05) is 24.3 Å². The first kappa shape index (κ1) is 17.5. The van der Waals surface area contributed by atoms with Gasteiger partial charge in [0, 0.05) is 23.7 Å². The van der Waals surface area contributed by atoms with Gasteiger partial charge in [-0.2, -0.15) is 0 Å². The predicted molar refractivity (Wildman–Crippen MR) is 110 cm³/mol. The summed E-state index contributed by atoms with van der Waals surface area (Å²) in [4.78, 5) is 4.11. The average Bonchev–Trinajstić information content (AvgIpc) is 3.13. The molecule has 5 heteroatoms. The van der Waals surface area contributed by atoms with Crippen molar-refractivity contribution in [3.8, 4) is 11.4 Å². The monoisotopic (exact) mass is 372 g/mol. The van der Waals surface area contributed by atoms with Crippen molar-refractivity contribution >= 4 is 11.8 Å². The van der Waals surface area contributed by atoms with E-state index in [0.717, 1.165) is 35.3 Å². The quantitative estimate of drug-likeness (QED) is 0.440. The van der Waals surface area contributed by atoms with Crippen LogP contribution >= 0.6 is 11.8 Å². The fraction of sp³-hybridized carbons (Fsp3) is 0.136. The Morgan fingerprint density at radius 2 is 1.41 bits per heavy atom. The van der Waals surface area contributed by atoms with Gasteiger partial charge in [0.2, 0.25) is 0 Å². The number of hydrogen-bond donors (Lipinski definition) is 0. The van der Waals surface area contributed by atoms with E-state index < -0.39 is 0 Å². The van der Waals surface area contributed by atoms with E-state index in [4.69, 9.17) is 0 Å². The molecule has 0 aliphatic rings. The molecule has 2 aromatic heterocycles. The molecule has 27 heavy (non-hydrogen) atoms. The Labute approximate surface area is 163 Å². The van der Waals surface area contributed by atoms with Crippen molar-refractivity contribution in [2.24, 2.45) is 0 Å². The molecule has 2 heterocycles. The van der Waals surface area contributed by atoms with Gasteiger partial charge in [-0.15, -0.1) is 10.2 Å². The summed E-state index contributed by atoms with van der Waals surface area (Å²) in [6.45, 7) is 0.749. The normalized spacial score (nSPS) is 10.8. The smallest absolute Gasteiger partial charge is 0.191 e. The van der Waals surface area contributed by atoms with Crippen LogP contribution in [-0.4, -0.2) is 25.5 Å². The molecule has 0 radical (unpaired) electrons. The van der Waals surface area contributed by atoms with E-state index in [-0.39, 0.29) is 0 Å². The maximum atomic E-state index is 4.48. The van der Waals surface area contributed by atoms with E-state index in [2.05, 4.69) is 68.3 Å². The van der Waals surface area contributed by atoms with Crippen LogP contribution in [0.2, 0.25) is 0 Å². The lowest BCUT2D eigenvalue weighted by molar-refractivity contribution is 0.714. The van der Waals surface area contributed by atoms with Crippen LogP contribution in [0, 0.1) is 0 Å². The molecule has 0 amide bonds. The minimum absolute atomic E-state index is 0.749. The number of hydrogen-bond acceptors (Lipinski definition) is 4. The minimum Gasteiger partial charge on any atom is -0.298 e. The van der Waals surface area contributed by atoms with Crippen LogP contribution in [0.15, 0.2) is 90.3 Å². The van der Waals surface area contributed by atoms with Crippen molar-refractivity contribution in [3.63, 3.8) is 0 Å². The van der Waals surface area contributed by atoms with E-state index in [1.54, 1.807) is 24.2 Å². The molecule has 0 aliphatic carbocycles. The van der Waals surface area contributed by atoms with Crippen molar-refractivity contribution in [3.05, 3.63) is 96.3 Å². The van der Waals surface area contributed by atoms with Crippen LogP contribution < -0.4 is 0 Å². The lowest BCUT2D eigenvalue weighted by Gasteiger charge is -2.10. The molecule has 0 unspecified atom stereocenters. The molecule has 0 N–H and O–H groups in total. The first-order chi connectivity index (χ1) is 13.4. The maximum absolute atomic E-state index is 4.48. The van der Waals surface area contributed by atoms with Crippen LogP contribution in [0.5, 0.6) is 0 Å². The fourth-order valence-electron chi connectivity index (χ4n) is 2.92. The second-order valence-electron chi connectivity index (χ2n) is 6.20. The van der Waals surface area contributed by atoms with Gasteiger partial charge < -0.3 is 0 Å². The molecule has 0 atom stereocenters. The Morgan fingerprint density at radius 3 is 2.11 bits per heavy atom. The zero-order valence-corrected chi connectivity index (χ0v) is 15.7. The summed E-state index contributed by atoms with van der Waals surface area (Å²) in [7, 11) is 0. The molecule has 0 spiro atoms. The molecule has 4 rings (SSSR count). The van der Waals surface area contributed by atoms with Gasteiger partial charge in [-0.25, -0.2) is 0 Å². The SMILES string of the molecule is c1ccc(CCSc2nnc(-c3ccncc3)n2Cc2ccccc2)cc1. The first-order valence-corrected chi connectivity index (χ1v) is 9.93. The Morgan fingerprint density at radius 1 is 0.741 bits per heavy atom. The summed E-state index contributed by atoms with van der Waals surface area (Å²) in [6, 6.07) is 24.9. The van der Waals surface area contributed by atoms with Crippen LogP contribution in [0.3, 0.4) is 0 Å². The van der Waals surface area contributed by atoms with Crippen LogP contribution in [0.4, 0.5) is 0 Å².